The Morgan fingerprint density at radius 2 is 1.82 bits per heavy atom. The number of carbonyl (C=O) groups excluding carboxylic acids is 2. The fraction of sp³-hybridized carbons (Fsp3) is 0.579. The summed E-state index contributed by atoms with van der Waals surface area (Å²) in [6.45, 7) is 4.73. The lowest BCUT2D eigenvalue weighted by Crippen LogP contribution is -2.47. The van der Waals surface area contributed by atoms with Crippen molar-refractivity contribution in [2.45, 2.75) is 58.1 Å². The molecule has 1 aliphatic rings. The third kappa shape index (κ3) is 5.83. The lowest BCUT2D eigenvalue weighted by atomic mass is 9.91. The van der Waals surface area contributed by atoms with Crippen molar-refractivity contribution < 1.29 is 28.7 Å². The predicted molar refractivity (Wildman–Crippen MR) is 100 cm³/mol. The lowest BCUT2D eigenvalue weighted by molar-refractivity contribution is -0.386. The summed E-state index contributed by atoms with van der Waals surface area (Å²) in [5.74, 6) is -0.683. The van der Waals surface area contributed by atoms with Crippen molar-refractivity contribution in [3.05, 3.63) is 33.4 Å². The number of hydrogen-bond acceptors (Lipinski definition) is 7. The van der Waals surface area contributed by atoms with E-state index < -0.39 is 28.6 Å². The SMILES string of the molecule is COC(=O)C(COc1cc2c(cc1[N+](=O)[O-])CCCC2)NC(=O)OC(C)(C)C. The maximum Gasteiger partial charge on any atom is 0.408 e. The lowest BCUT2D eigenvalue weighted by Gasteiger charge is -2.23. The number of methoxy groups -OCH3 is 1. The average Bonchev–Trinajstić information content (AvgIpc) is 2.62. The molecule has 9 heteroatoms. The van der Waals surface area contributed by atoms with Gasteiger partial charge < -0.3 is 19.5 Å². The fourth-order valence-corrected chi connectivity index (χ4v) is 2.94. The van der Waals surface area contributed by atoms with Gasteiger partial charge in [0.25, 0.3) is 0 Å². The second-order valence-corrected chi connectivity index (χ2v) is 7.59. The van der Waals surface area contributed by atoms with Crippen LogP contribution in [0.25, 0.3) is 0 Å². The number of nitro groups is 1. The summed E-state index contributed by atoms with van der Waals surface area (Å²) in [5, 5.41) is 13.8. The van der Waals surface area contributed by atoms with E-state index in [0.717, 1.165) is 36.8 Å². The number of ether oxygens (including phenoxy) is 3. The third-order valence-corrected chi connectivity index (χ3v) is 4.20. The van der Waals surface area contributed by atoms with E-state index in [4.69, 9.17) is 9.47 Å². The van der Waals surface area contributed by atoms with Gasteiger partial charge in [-0.1, -0.05) is 0 Å². The van der Waals surface area contributed by atoms with E-state index in [9.17, 15) is 19.7 Å². The number of nitrogens with zero attached hydrogens (tertiary/aromatic N) is 1. The Balaban J connectivity index is 2.16. The molecule has 1 unspecified atom stereocenters. The van der Waals surface area contributed by atoms with E-state index in [2.05, 4.69) is 10.1 Å². The van der Waals surface area contributed by atoms with Gasteiger partial charge in [-0.15, -0.1) is 0 Å². The van der Waals surface area contributed by atoms with Gasteiger partial charge in [0.1, 0.15) is 12.2 Å². The van der Waals surface area contributed by atoms with Crippen molar-refractivity contribution in [2.75, 3.05) is 13.7 Å². The minimum atomic E-state index is -1.17. The maximum atomic E-state index is 12.0. The summed E-state index contributed by atoms with van der Waals surface area (Å²) in [7, 11) is 1.17. The molecule has 0 fully saturated rings. The van der Waals surface area contributed by atoms with Gasteiger partial charge in [-0.05, 0) is 63.6 Å². The first kappa shape index (κ1) is 21.5. The van der Waals surface area contributed by atoms with Gasteiger partial charge in [0.2, 0.25) is 0 Å². The quantitative estimate of drug-likeness (QED) is 0.448. The third-order valence-electron chi connectivity index (χ3n) is 4.20. The number of nitro benzene ring substituents is 1. The van der Waals surface area contributed by atoms with E-state index in [-0.39, 0.29) is 18.0 Å². The molecule has 0 radical (unpaired) electrons. The van der Waals surface area contributed by atoms with Crippen LogP contribution < -0.4 is 10.1 Å². The molecule has 0 spiro atoms. The van der Waals surface area contributed by atoms with E-state index in [1.54, 1.807) is 26.8 Å². The molecule has 1 aromatic carbocycles. The molecule has 1 amide bonds. The smallest absolute Gasteiger partial charge is 0.408 e. The number of aryl methyl sites for hydroxylation is 2. The largest absolute Gasteiger partial charge is 0.484 e. The molecule has 0 heterocycles. The molecule has 0 saturated carbocycles. The van der Waals surface area contributed by atoms with Gasteiger partial charge in [0.05, 0.1) is 12.0 Å². The van der Waals surface area contributed by atoms with Gasteiger partial charge in [-0.2, -0.15) is 0 Å². The first-order chi connectivity index (χ1) is 13.1. The van der Waals surface area contributed by atoms with Crippen molar-refractivity contribution in [1.82, 2.24) is 5.32 Å². The van der Waals surface area contributed by atoms with Gasteiger partial charge in [0, 0.05) is 6.07 Å². The van der Waals surface area contributed by atoms with Crippen LogP contribution in [0.5, 0.6) is 5.75 Å². The summed E-state index contributed by atoms with van der Waals surface area (Å²) >= 11 is 0. The van der Waals surface area contributed by atoms with Crippen LogP contribution in [0.4, 0.5) is 10.5 Å². The van der Waals surface area contributed by atoms with Gasteiger partial charge in [-0.25, -0.2) is 9.59 Å². The normalized spacial score (nSPS) is 14.4. The van der Waals surface area contributed by atoms with E-state index in [1.807, 2.05) is 0 Å². The van der Waals surface area contributed by atoms with Crippen LogP contribution in [0.2, 0.25) is 0 Å². The van der Waals surface area contributed by atoms with Crippen LogP contribution in [0, 0.1) is 10.1 Å². The predicted octanol–water partition coefficient (Wildman–Crippen LogP) is 2.92. The van der Waals surface area contributed by atoms with Crippen LogP contribution in [0.15, 0.2) is 12.1 Å². The molecule has 0 aliphatic heterocycles. The highest BCUT2D eigenvalue weighted by Gasteiger charge is 2.28. The first-order valence-electron chi connectivity index (χ1n) is 9.11. The Hall–Kier alpha value is -2.84. The Bertz CT molecular complexity index is 755. The number of benzene rings is 1. The highest BCUT2D eigenvalue weighted by Crippen LogP contribution is 2.34. The number of carbonyl (C=O) groups is 2. The molecule has 0 aromatic heterocycles. The van der Waals surface area contributed by atoms with E-state index >= 15 is 0 Å². The molecule has 1 aliphatic carbocycles. The van der Waals surface area contributed by atoms with E-state index in [0.29, 0.717) is 0 Å². The number of hydrogen-bond donors (Lipinski definition) is 1. The summed E-state index contributed by atoms with van der Waals surface area (Å²) in [5.41, 5.74) is 1.04. The zero-order valence-corrected chi connectivity index (χ0v) is 16.6. The number of nitrogens with one attached hydrogen (secondary N) is 1. The summed E-state index contributed by atoms with van der Waals surface area (Å²) < 4.78 is 15.4. The second kappa shape index (κ2) is 8.90. The zero-order valence-electron chi connectivity index (χ0n) is 16.6. The maximum absolute atomic E-state index is 12.0. The molecule has 2 rings (SSSR count). The van der Waals surface area contributed by atoms with Crippen LogP contribution in [-0.4, -0.2) is 42.3 Å². The Morgan fingerprint density at radius 3 is 2.36 bits per heavy atom. The van der Waals surface area contributed by atoms with Crippen molar-refractivity contribution in [3.63, 3.8) is 0 Å². The molecule has 9 nitrogen and oxygen atoms in total. The second-order valence-electron chi connectivity index (χ2n) is 7.59. The molecule has 0 bridgehead atoms. The monoisotopic (exact) mass is 394 g/mol. The summed E-state index contributed by atoms with van der Waals surface area (Å²) in [6, 6.07) is 2.00. The fourth-order valence-electron chi connectivity index (χ4n) is 2.94. The highest BCUT2D eigenvalue weighted by atomic mass is 16.6. The molecule has 1 atom stereocenters. The standard InChI is InChI=1S/C19H26N2O7/c1-19(2,3)28-18(23)20-14(17(22)26-4)11-27-16-10-13-8-6-5-7-12(13)9-15(16)21(24)25/h9-10,14H,5-8,11H2,1-4H3,(H,20,23). The van der Waals surface area contributed by atoms with Crippen molar-refractivity contribution >= 4 is 17.7 Å². The van der Waals surface area contributed by atoms with Gasteiger partial charge in [0.15, 0.2) is 11.8 Å². The Kier molecular flexibility index (Phi) is 6.82. The number of amides is 1. The molecular formula is C19H26N2O7. The molecule has 28 heavy (non-hydrogen) atoms. The Morgan fingerprint density at radius 1 is 1.21 bits per heavy atom. The van der Waals surface area contributed by atoms with E-state index in [1.165, 1.54) is 13.2 Å². The number of rotatable bonds is 6. The van der Waals surface area contributed by atoms with Crippen molar-refractivity contribution in [1.29, 1.82) is 0 Å². The van der Waals surface area contributed by atoms with Gasteiger partial charge >= 0.3 is 17.7 Å². The number of fused-ring (bicyclic) bond motifs is 1. The molecule has 0 saturated heterocycles. The summed E-state index contributed by atoms with van der Waals surface area (Å²) in [6.07, 6.45) is 2.80. The molecule has 1 N–H and O–H groups in total. The zero-order chi connectivity index (χ0) is 20.9. The molecule has 154 valence electrons. The first-order valence-corrected chi connectivity index (χ1v) is 9.11. The highest BCUT2D eigenvalue weighted by molar-refractivity contribution is 5.81. The topological polar surface area (TPSA) is 117 Å². The molecular weight excluding hydrogens is 368 g/mol. The number of alkyl carbamates (subject to hydrolysis) is 1. The summed E-state index contributed by atoms with van der Waals surface area (Å²) in [4.78, 5) is 34.8. The van der Waals surface area contributed by atoms with Gasteiger partial charge in [-0.3, -0.25) is 10.1 Å². The molecule has 1 aromatic rings. The minimum Gasteiger partial charge on any atom is -0.484 e. The van der Waals surface area contributed by atoms with Crippen LogP contribution >= 0.6 is 0 Å². The van der Waals surface area contributed by atoms with Crippen LogP contribution in [0.1, 0.15) is 44.7 Å². The average molecular weight is 394 g/mol. The van der Waals surface area contributed by atoms with Crippen molar-refractivity contribution in [3.8, 4) is 5.75 Å². The van der Waals surface area contributed by atoms with Crippen LogP contribution in [-0.2, 0) is 27.1 Å². The minimum absolute atomic E-state index is 0.0607. The Labute approximate surface area is 163 Å². The van der Waals surface area contributed by atoms with Crippen molar-refractivity contribution in [2.24, 2.45) is 0 Å². The van der Waals surface area contributed by atoms with Crippen LogP contribution in [0.3, 0.4) is 0 Å². The number of esters is 1.